The average molecular weight is 827 g/mol. The molecule has 13 aromatic rings. The molecule has 14 rings (SSSR count). The molecule has 2 nitrogen and oxygen atoms in total. The van der Waals surface area contributed by atoms with E-state index in [-0.39, 0.29) is 5.41 Å². The van der Waals surface area contributed by atoms with Gasteiger partial charge in [0, 0.05) is 38.3 Å². The smallest absolute Gasteiger partial charge is 0.0541 e. The maximum atomic E-state index is 2.51. The molecule has 0 saturated carbocycles. The number of hydrogen-bond acceptors (Lipinski definition) is 0. The Morgan fingerprint density at radius 3 is 1.42 bits per heavy atom. The first-order valence-corrected chi connectivity index (χ1v) is 22.8. The van der Waals surface area contributed by atoms with Gasteiger partial charge in [-0.15, -0.1) is 0 Å². The standard InChI is InChI=1S/C63H42N2/c1-63(2)56-25-13-10-21-47(56)48-31-28-41(36-57(48)63)52-37-43(38-55-46-20-7-6-18-44(46)45-19-8-9-24-51(45)62(52)55)65-59-27-15-12-23-50(59)54-35-40(30-33-61(54)65)39-29-32-60-53(34-39)49-22-11-14-26-58(49)64(60)42-16-4-3-5-17-42/h3-38H,1-2H3. The van der Waals surface area contributed by atoms with Gasteiger partial charge in [-0.1, -0.05) is 166 Å². The molecule has 0 unspecified atom stereocenters. The number of hydrogen-bond donors (Lipinski definition) is 0. The number of benzene rings is 11. The number of rotatable bonds is 4. The molecule has 0 spiro atoms. The van der Waals surface area contributed by atoms with Crippen LogP contribution in [-0.4, -0.2) is 9.13 Å². The van der Waals surface area contributed by atoms with Crippen LogP contribution in [0.3, 0.4) is 0 Å². The minimum Gasteiger partial charge on any atom is -0.309 e. The lowest BCUT2D eigenvalue weighted by atomic mass is 9.81. The van der Waals surface area contributed by atoms with E-state index in [0.29, 0.717) is 0 Å². The molecule has 304 valence electrons. The first-order chi connectivity index (χ1) is 32.0. The van der Waals surface area contributed by atoms with Crippen LogP contribution in [0.25, 0.3) is 121 Å². The van der Waals surface area contributed by atoms with E-state index in [0.717, 1.165) is 5.69 Å². The predicted octanol–water partition coefficient (Wildman–Crippen LogP) is 17.0. The SMILES string of the molecule is CC1(C)c2ccccc2-c2ccc(-c3cc(-n4c5ccccc5c5cc(-c6ccc7c(c6)c6ccccc6n7-c6ccccc6)ccc54)cc4c5ccccc5c5ccccc5c34)cc21. The van der Waals surface area contributed by atoms with E-state index in [1.807, 2.05) is 0 Å². The van der Waals surface area contributed by atoms with E-state index >= 15 is 0 Å². The van der Waals surface area contributed by atoms with Crippen molar-refractivity contribution in [2.45, 2.75) is 19.3 Å². The first kappa shape index (κ1) is 36.3. The van der Waals surface area contributed by atoms with Gasteiger partial charge in [-0.2, -0.15) is 0 Å². The Kier molecular flexibility index (Phi) is 7.49. The molecule has 11 aromatic carbocycles. The second-order valence-corrected chi connectivity index (χ2v) is 18.4. The maximum Gasteiger partial charge on any atom is 0.0541 e. The quantitative estimate of drug-likeness (QED) is 0.156. The van der Waals surface area contributed by atoms with Crippen LogP contribution in [0, 0.1) is 0 Å². The molecule has 1 aliphatic rings. The molecule has 2 heteroatoms. The minimum atomic E-state index is -0.113. The molecular formula is C63H42N2. The first-order valence-electron chi connectivity index (χ1n) is 22.8. The zero-order chi connectivity index (χ0) is 43.0. The third kappa shape index (κ3) is 5.11. The number of para-hydroxylation sites is 3. The molecular weight excluding hydrogens is 785 g/mol. The normalized spacial score (nSPS) is 13.2. The Hall–Kier alpha value is -8.20. The summed E-state index contributed by atoms with van der Waals surface area (Å²) < 4.78 is 4.89. The highest BCUT2D eigenvalue weighted by Crippen LogP contribution is 2.51. The molecule has 1 aliphatic carbocycles. The van der Waals surface area contributed by atoms with Gasteiger partial charge in [-0.25, -0.2) is 0 Å². The molecule has 0 bridgehead atoms. The van der Waals surface area contributed by atoms with E-state index in [4.69, 9.17) is 0 Å². The Balaban J connectivity index is 1.01. The van der Waals surface area contributed by atoms with Gasteiger partial charge in [0.1, 0.15) is 0 Å². The lowest BCUT2D eigenvalue weighted by molar-refractivity contribution is 0.660. The zero-order valence-electron chi connectivity index (χ0n) is 36.2. The van der Waals surface area contributed by atoms with Crippen molar-refractivity contribution in [3.63, 3.8) is 0 Å². The van der Waals surface area contributed by atoms with Crippen LogP contribution in [0.1, 0.15) is 25.0 Å². The van der Waals surface area contributed by atoms with Crippen molar-refractivity contribution in [3.8, 4) is 44.8 Å². The zero-order valence-corrected chi connectivity index (χ0v) is 36.2. The molecule has 0 N–H and O–H groups in total. The predicted molar refractivity (Wildman–Crippen MR) is 276 cm³/mol. The minimum absolute atomic E-state index is 0.113. The molecule has 0 fully saturated rings. The van der Waals surface area contributed by atoms with Gasteiger partial charge in [0.25, 0.3) is 0 Å². The average Bonchev–Trinajstić information content (AvgIpc) is 3.96. The molecule has 0 aliphatic heterocycles. The molecule has 0 saturated heterocycles. The summed E-state index contributed by atoms with van der Waals surface area (Å²) in [7, 11) is 0. The van der Waals surface area contributed by atoms with Crippen LogP contribution in [0.4, 0.5) is 0 Å². The summed E-state index contributed by atoms with van der Waals surface area (Å²) >= 11 is 0. The van der Waals surface area contributed by atoms with Crippen LogP contribution >= 0.6 is 0 Å². The Bertz CT molecular complexity index is 4140. The highest BCUT2D eigenvalue weighted by atomic mass is 15.0. The summed E-state index contributed by atoms with van der Waals surface area (Å²) in [6.45, 7) is 4.76. The highest BCUT2D eigenvalue weighted by Gasteiger charge is 2.35. The van der Waals surface area contributed by atoms with Gasteiger partial charge in [0.05, 0.1) is 22.1 Å². The van der Waals surface area contributed by atoms with Crippen LogP contribution < -0.4 is 0 Å². The molecule has 0 atom stereocenters. The van der Waals surface area contributed by atoms with E-state index in [1.54, 1.807) is 0 Å². The van der Waals surface area contributed by atoms with Crippen LogP contribution in [0.15, 0.2) is 218 Å². The second-order valence-electron chi connectivity index (χ2n) is 18.4. The number of aromatic nitrogens is 2. The molecule has 2 heterocycles. The van der Waals surface area contributed by atoms with Crippen LogP contribution in [-0.2, 0) is 5.41 Å². The van der Waals surface area contributed by atoms with Gasteiger partial charge in [0.15, 0.2) is 0 Å². The van der Waals surface area contributed by atoms with Gasteiger partial charge in [0.2, 0.25) is 0 Å². The maximum absolute atomic E-state index is 2.51. The fourth-order valence-electron chi connectivity index (χ4n) is 11.7. The van der Waals surface area contributed by atoms with Gasteiger partial charge in [-0.3, -0.25) is 0 Å². The van der Waals surface area contributed by atoms with E-state index in [2.05, 4.69) is 241 Å². The van der Waals surface area contributed by atoms with Crippen molar-refractivity contribution in [3.05, 3.63) is 230 Å². The fourth-order valence-corrected chi connectivity index (χ4v) is 11.7. The monoisotopic (exact) mass is 826 g/mol. The highest BCUT2D eigenvalue weighted by molar-refractivity contribution is 6.29. The second kappa shape index (κ2) is 13.4. The van der Waals surface area contributed by atoms with E-state index < -0.39 is 0 Å². The summed E-state index contributed by atoms with van der Waals surface area (Å²) in [5, 5.41) is 12.7. The van der Waals surface area contributed by atoms with Crippen LogP contribution in [0.5, 0.6) is 0 Å². The Labute approximate surface area is 376 Å². The van der Waals surface area contributed by atoms with Crippen molar-refractivity contribution < 1.29 is 0 Å². The van der Waals surface area contributed by atoms with Gasteiger partial charge >= 0.3 is 0 Å². The molecule has 0 amide bonds. The lowest BCUT2D eigenvalue weighted by Crippen LogP contribution is -2.14. The number of fused-ring (bicyclic) bond motifs is 15. The topological polar surface area (TPSA) is 9.86 Å². The lowest BCUT2D eigenvalue weighted by Gasteiger charge is -2.23. The van der Waals surface area contributed by atoms with Crippen molar-refractivity contribution in [1.29, 1.82) is 0 Å². The summed E-state index contributed by atoms with van der Waals surface area (Å²) in [4.78, 5) is 0. The third-order valence-corrected chi connectivity index (χ3v) is 14.7. The number of nitrogens with zero attached hydrogens (tertiary/aromatic N) is 2. The summed E-state index contributed by atoms with van der Waals surface area (Å²) in [6.07, 6.45) is 0. The van der Waals surface area contributed by atoms with E-state index in [1.165, 1.54) is 126 Å². The molecule has 0 radical (unpaired) electrons. The summed E-state index contributed by atoms with van der Waals surface area (Å²) in [5.41, 5.74) is 17.4. The van der Waals surface area contributed by atoms with Crippen molar-refractivity contribution in [2.75, 3.05) is 0 Å². The molecule has 65 heavy (non-hydrogen) atoms. The van der Waals surface area contributed by atoms with Crippen molar-refractivity contribution in [1.82, 2.24) is 9.13 Å². The van der Waals surface area contributed by atoms with Crippen LogP contribution in [0.2, 0.25) is 0 Å². The van der Waals surface area contributed by atoms with Crippen molar-refractivity contribution in [2.24, 2.45) is 0 Å². The summed E-state index contributed by atoms with van der Waals surface area (Å²) in [5.74, 6) is 0. The fraction of sp³-hybridized carbons (Fsp3) is 0.0476. The molecule has 2 aromatic heterocycles. The largest absolute Gasteiger partial charge is 0.309 e. The van der Waals surface area contributed by atoms with Crippen molar-refractivity contribution >= 4 is 75.9 Å². The van der Waals surface area contributed by atoms with Gasteiger partial charge in [-0.05, 0) is 144 Å². The third-order valence-electron chi connectivity index (χ3n) is 14.7. The van der Waals surface area contributed by atoms with Gasteiger partial charge < -0.3 is 9.13 Å². The summed E-state index contributed by atoms with van der Waals surface area (Å²) in [6, 6.07) is 81.5. The Morgan fingerprint density at radius 1 is 0.277 bits per heavy atom. The van der Waals surface area contributed by atoms with E-state index in [9.17, 15) is 0 Å². The Morgan fingerprint density at radius 2 is 0.754 bits per heavy atom.